The first-order valence-electron chi connectivity index (χ1n) is 8.55. The van der Waals surface area contributed by atoms with E-state index in [4.69, 9.17) is 0 Å². The molecule has 0 aromatic carbocycles. The minimum absolute atomic E-state index is 0.969. The Morgan fingerprint density at radius 2 is 1.56 bits per heavy atom. The normalized spacial score (nSPS) is 23.7. The van der Waals surface area contributed by atoms with Crippen molar-refractivity contribution in [3.8, 4) is 0 Å². The second kappa shape index (κ2) is 10.8. The topological polar surface area (TPSA) is 12.0 Å². The van der Waals surface area contributed by atoms with Crippen LogP contribution in [0.15, 0.2) is 0 Å². The summed E-state index contributed by atoms with van der Waals surface area (Å²) in [5.74, 6) is 1.94. The van der Waals surface area contributed by atoms with E-state index in [0.29, 0.717) is 0 Å². The van der Waals surface area contributed by atoms with E-state index in [1.807, 2.05) is 0 Å². The third-order valence-electron chi connectivity index (χ3n) is 4.65. The second-order valence-electron chi connectivity index (χ2n) is 6.35. The van der Waals surface area contributed by atoms with Gasteiger partial charge < -0.3 is 5.32 Å². The number of hydrogen-bond donors (Lipinski definition) is 1. The molecule has 0 saturated heterocycles. The summed E-state index contributed by atoms with van der Waals surface area (Å²) in [6, 6.07) is 0. The average molecular weight is 253 g/mol. The fourth-order valence-corrected chi connectivity index (χ4v) is 3.20. The Labute approximate surface area is 115 Å². The van der Waals surface area contributed by atoms with Crippen LogP contribution in [-0.2, 0) is 0 Å². The van der Waals surface area contributed by atoms with E-state index in [-0.39, 0.29) is 0 Å². The number of unbranched alkanes of at least 4 members (excludes halogenated alkanes) is 7. The predicted octanol–water partition coefficient (Wildman–Crippen LogP) is 5.15. The van der Waals surface area contributed by atoms with Crippen LogP contribution in [0, 0.1) is 11.8 Å². The van der Waals surface area contributed by atoms with Gasteiger partial charge in [0.2, 0.25) is 0 Å². The van der Waals surface area contributed by atoms with Crippen LogP contribution in [-0.4, -0.2) is 13.1 Å². The Bertz CT molecular complexity index is 178. The van der Waals surface area contributed by atoms with Crippen molar-refractivity contribution in [1.82, 2.24) is 5.32 Å². The van der Waals surface area contributed by atoms with Crippen molar-refractivity contribution in [2.45, 2.75) is 84.5 Å². The molecule has 0 spiro atoms. The van der Waals surface area contributed by atoms with Gasteiger partial charge in [0, 0.05) is 0 Å². The standard InChI is InChI=1S/C17H35N/c1-3-4-5-6-7-8-9-10-14-18-15-17-13-11-12-16(17)2/h16-18H,3-15H2,1-2H3. The van der Waals surface area contributed by atoms with Gasteiger partial charge in [0.1, 0.15) is 0 Å². The third-order valence-corrected chi connectivity index (χ3v) is 4.65. The zero-order chi connectivity index (χ0) is 13.1. The molecule has 1 rings (SSSR count). The van der Waals surface area contributed by atoms with Crippen LogP contribution in [0.25, 0.3) is 0 Å². The lowest BCUT2D eigenvalue weighted by molar-refractivity contribution is 0.390. The minimum atomic E-state index is 0.969. The van der Waals surface area contributed by atoms with Crippen molar-refractivity contribution < 1.29 is 0 Å². The molecule has 0 radical (unpaired) electrons. The summed E-state index contributed by atoms with van der Waals surface area (Å²) in [6.07, 6.45) is 15.8. The van der Waals surface area contributed by atoms with Crippen molar-refractivity contribution in [3.05, 3.63) is 0 Å². The molecule has 0 aromatic rings. The molecule has 18 heavy (non-hydrogen) atoms. The van der Waals surface area contributed by atoms with Crippen LogP contribution in [0.5, 0.6) is 0 Å². The first-order chi connectivity index (χ1) is 8.84. The van der Waals surface area contributed by atoms with Crippen LogP contribution < -0.4 is 5.32 Å². The third kappa shape index (κ3) is 7.41. The van der Waals surface area contributed by atoms with Gasteiger partial charge in [-0.1, -0.05) is 71.6 Å². The van der Waals surface area contributed by atoms with Crippen LogP contribution in [0.4, 0.5) is 0 Å². The Hall–Kier alpha value is -0.0400. The highest BCUT2D eigenvalue weighted by Crippen LogP contribution is 2.30. The molecule has 0 bridgehead atoms. The molecule has 1 N–H and O–H groups in total. The van der Waals surface area contributed by atoms with Crippen LogP contribution in [0.3, 0.4) is 0 Å². The number of rotatable bonds is 11. The van der Waals surface area contributed by atoms with Crippen LogP contribution in [0.2, 0.25) is 0 Å². The van der Waals surface area contributed by atoms with E-state index in [9.17, 15) is 0 Å². The summed E-state index contributed by atoms with van der Waals surface area (Å²) in [7, 11) is 0. The zero-order valence-corrected chi connectivity index (χ0v) is 12.8. The maximum absolute atomic E-state index is 3.67. The SMILES string of the molecule is CCCCCCCCCCNCC1CCCC1C. The average Bonchev–Trinajstić information content (AvgIpc) is 2.77. The van der Waals surface area contributed by atoms with Crippen molar-refractivity contribution >= 4 is 0 Å². The van der Waals surface area contributed by atoms with Crippen molar-refractivity contribution in [3.63, 3.8) is 0 Å². The molecule has 0 aliphatic heterocycles. The molecule has 2 unspecified atom stereocenters. The fourth-order valence-electron chi connectivity index (χ4n) is 3.20. The van der Waals surface area contributed by atoms with Crippen molar-refractivity contribution in [2.75, 3.05) is 13.1 Å². The van der Waals surface area contributed by atoms with Gasteiger partial charge in [-0.05, 0) is 37.8 Å². The second-order valence-corrected chi connectivity index (χ2v) is 6.35. The lowest BCUT2D eigenvalue weighted by Crippen LogP contribution is -2.25. The summed E-state index contributed by atoms with van der Waals surface area (Å²) in [5, 5.41) is 3.67. The molecule has 0 aromatic heterocycles. The molecule has 1 aliphatic carbocycles. The monoisotopic (exact) mass is 253 g/mol. The molecular formula is C17H35N. The Balaban J connectivity index is 1.76. The molecule has 1 fully saturated rings. The molecule has 1 nitrogen and oxygen atoms in total. The highest BCUT2D eigenvalue weighted by molar-refractivity contribution is 4.75. The van der Waals surface area contributed by atoms with E-state index >= 15 is 0 Å². The van der Waals surface area contributed by atoms with Gasteiger partial charge in [-0.3, -0.25) is 0 Å². The van der Waals surface area contributed by atoms with E-state index in [2.05, 4.69) is 19.2 Å². The maximum Gasteiger partial charge on any atom is -0.00180 e. The quantitative estimate of drug-likeness (QED) is 0.502. The van der Waals surface area contributed by atoms with E-state index in [1.165, 1.54) is 83.7 Å². The van der Waals surface area contributed by atoms with Gasteiger partial charge in [0.25, 0.3) is 0 Å². The number of nitrogens with one attached hydrogen (secondary N) is 1. The molecular weight excluding hydrogens is 218 g/mol. The van der Waals surface area contributed by atoms with Crippen LogP contribution >= 0.6 is 0 Å². The lowest BCUT2D eigenvalue weighted by atomic mass is 9.98. The fraction of sp³-hybridized carbons (Fsp3) is 1.00. The highest BCUT2D eigenvalue weighted by atomic mass is 14.9. The van der Waals surface area contributed by atoms with Gasteiger partial charge in [-0.25, -0.2) is 0 Å². The van der Waals surface area contributed by atoms with Crippen molar-refractivity contribution in [1.29, 1.82) is 0 Å². The summed E-state index contributed by atoms with van der Waals surface area (Å²) in [4.78, 5) is 0. The van der Waals surface area contributed by atoms with E-state index in [0.717, 1.165) is 11.8 Å². The Morgan fingerprint density at radius 3 is 2.17 bits per heavy atom. The van der Waals surface area contributed by atoms with Crippen molar-refractivity contribution in [2.24, 2.45) is 11.8 Å². The number of hydrogen-bond acceptors (Lipinski definition) is 1. The zero-order valence-electron chi connectivity index (χ0n) is 12.8. The molecule has 1 aliphatic rings. The van der Waals surface area contributed by atoms with E-state index < -0.39 is 0 Å². The summed E-state index contributed by atoms with van der Waals surface area (Å²) >= 11 is 0. The molecule has 108 valence electrons. The van der Waals surface area contributed by atoms with Gasteiger partial charge in [-0.2, -0.15) is 0 Å². The summed E-state index contributed by atoms with van der Waals surface area (Å²) in [5.41, 5.74) is 0. The Kier molecular flexibility index (Phi) is 9.65. The minimum Gasteiger partial charge on any atom is -0.316 e. The Morgan fingerprint density at radius 1 is 0.889 bits per heavy atom. The first-order valence-corrected chi connectivity index (χ1v) is 8.55. The summed E-state index contributed by atoms with van der Waals surface area (Å²) < 4.78 is 0. The van der Waals surface area contributed by atoms with Crippen LogP contribution in [0.1, 0.15) is 84.5 Å². The van der Waals surface area contributed by atoms with Gasteiger partial charge in [0.15, 0.2) is 0 Å². The molecule has 0 heterocycles. The molecule has 1 heteroatoms. The molecule has 2 atom stereocenters. The van der Waals surface area contributed by atoms with Gasteiger partial charge >= 0.3 is 0 Å². The molecule has 1 saturated carbocycles. The van der Waals surface area contributed by atoms with Gasteiger partial charge in [0.05, 0.1) is 0 Å². The van der Waals surface area contributed by atoms with Gasteiger partial charge in [-0.15, -0.1) is 0 Å². The highest BCUT2D eigenvalue weighted by Gasteiger charge is 2.22. The van der Waals surface area contributed by atoms with E-state index in [1.54, 1.807) is 0 Å². The largest absolute Gasteiger partial charge is 0.316 e. The summed E-state index contributed by atoms with van der Waals surface area (Å²) in [6.45, 7) is 7.24. The maximum atomic E-state index is 3.67. The first kappa shape index (κ1) is 16.0. The predicted molar refractivity (Wildman–Crippen MR) is 82.0 cm³/mol. The smallest absolute Gasteiger partial charge is 0.00180 e. The molecule has 0 amide bonds. The lowest BCUT2D eigenvalue weighted by Gasteiger charge is -2.15.